The Morgan fingerprint density at radius 2 is 1.65 bits per heavy atom. The molecule has 0 saturated heterocycles. The maximum absolute atomic E-state index is 13.9. The van der Waals surface area contributed by atoms with Gasteiger partial charge in [0.25, 0.3) is 0 Å². The molecule has 0 fully saturated rings. The van der Waals surface area contributed by atoms with E-state index in [4.69, 9.17) is 9.47 Å². The number of benzene rings is 4. The molecule has 34 heavy (non-hydrogen) atoms. The van der Waals surface area contributed by atoms with Crippen LogP contribution in [0.15, 0.2) is 91.3 Å². The molecule has 0 aliphatic carbocycles. The Bertz CT molecular complexity index is 1500. The van der Waals surface area contributed by atoms with Crippen LogP contribution in [0.5, 0.6) is 17.4 Å². The van der Waals surface area contributed by atoms with Crippen LogP contribution >= 0.6 is 0 Å². The monoisotopic (exact) mass is 449 g/mol. The lowest BCUT2D eigenvalue weighted by Crippen LogP contribution is -2.16. The molecule has 166 valence electrons. The first-order chi connectivity index (χ1) is 16.7. The van der Waals surface area contributed by atoms with Gasteiger partial charge in [-0.25, -0.2) is 14.4 Å². The Morgan fingerprint density at radius 1 is 0.853 bits per heavy atom. The van der Waals surface area contributed by atoms with E-state index >= 15 is 0 Å². The highest BCUT2D eigenvalue weighted by Gasteiger charge is 2.34. The maximum Gasteiger partial charge on any atom is 0.228 e. The Labute approximate surface area is 195 Å². The molecule has 0 radical (unpaired) electrons. The van der Waals surface area contributed by atoms with Crippen molar-refractivity contribution in [2.45, 2.75) is 5.92 Å². The fourth-order valence-electron chi connectivity index (χ4n) is 4.53. The van der Waals surface area contributed by atoms with Gasteiger partial charge in [0.05, 0.1) is 12.7 Å². The van der Waals surface area contributed by atoms with Crippen molar-refractivity contribution in [1.82, 2.24) is 9.97 Å². The Hall–Kier alpha value is -4.45. The van der Waals surface area contributed by atoms with Crippen molar-refractivity contribution in [2.75, 3.05) is 12.4 Å². The topological polar surface area (TPSA) is 56.3 Å². The van der Waals surface area contributed by atoms with Crippen LogP contribution in [0.3, 0.4) is 0 Å². The quantitative estimate of drug-likeness (QED) is 0.320. The summed E-state index contributed by atoms with van der Waals surface area (Å²) in [5.41, 5.74) is 3.58. The molecule has 0 spiro atoms. The van der Waals surface area contributed by atoms with Crippen molar-refractivity contribution in [3.05, 3.63) is 114 Å². The van der Waals surface area contributed by atoms with Crippen molar-refractivity contribution in [3.63, 3.8) is 0 Å². The van der Waals surface area contributed by atoms with Gasteiger partial charge in [0, 0.05) is 17.2 Å². The average molecular weight is 449 g/mol. The van der Waals surface area contributed by atoms with E-state index in [1.165, 1.54) is 18.5 Å². The SMILES string of the molecule is COc1ccc(Nc2ncnc3c2C(c2ccc(F)cc2)c2c(ccc4ccccc24)O3)cc1. The second kappa shape index (κ2) is 8.15. The van der Waals surface area contributed by atoms with Gasteiger partial charge < -0.3 is 14.8 Å². The molecule has 1 aliphatic rings. The van der Waals surface area contributed by atoms with Crippen LogP contribution in [-0.4, -0.2) is 17.1 Å². The summed E-state index contributed by atoms with van der Waals surface area (Å²) < 4.78 is 25.4. The Kier molecular flexibility index (Phi) is 4.84. The van der Waals surface area contributed by atoms with Crippen molar-refractivity contribution in [2.24, 2.45) is 0 Å². The van der Waals surface area contributed by atoms with Crippen LogP contribution < -0.4 is 14.8 Å². The largest absolute Gasteiger partial charge is 0.497 e. The predicted molar refractivity (Wildman–Crippen MR) is 130 cm³/mol. The molecular formula is C28H20FN3O2. The van der Waals surface area contributed by atoms with E-state index in [9.17, 15) is 4.39 Å². The third kappa shape index (κ3) is 3.40. The van der Waals surface area contributed by atoms with Crippen molar-refractivity contribution in [1.29, 1.82) is 0 Å². The third-order valence-electron chi connectivity index (χ3n) is 6.12. The second-order valence-corrected chi connectivity index (χ2v) is 8.08. The Balaban J connectivity index is 1.57. The molecule has 4 aromatic carbocycles. The molecule has 1 atom stereocenters. The number of methoxy groups -OCH3 is 1. The molecule has 6 rings (SSSR count). The summed E-state index contributed by atoms with van der Waals surface area (Å²) in [6.45, 7) is 0. The number of anilines is 2. The van der Waals surface area contributed by atoms with Crippen LogP contribution in [0, 0.1) is 5.82 Å². The summed E-state index contributed by atoms with van der Waals surface area (Å²) >= 11 is 0. The lowest BCUT2D eigenvalue weighted by Gasteiger charge is -2.30. The molecule has 5 nitrogen and oxygen atoms in total. The number of aromatic nitrogens is 2. The predicted octanol–water partition coefficient (Wildman–Crippen LogP) is 6.81. The number of halogens is 1. The number of fused-ring (bicyclic) bond motifs is 4. The van der Waals surface area contributed by atoms with Gasteiger partial charge >= 0.3 is 0 Å². The summed E-state index contributed by atoms with van der Waals surface area (Å²) in [5, 5.41) is 5.58. The van der Waals surface area contributed by atoms with Crippen LogP contribution in [0.4, 0.5) is 15.9 Å². The van der Waals surface area contributed by atoms with Gasteiger partial charge in [-0.1, -0.05) is 42.5 Å². The molecule has 1 aromatic heterocycles. The second-order valence-electron chi connectivity index (χ2n) is 8.08. The number of nitrogens with zero attached hydrogens (tertiary/aromatic N) is 2. The number of ether oxygens (including phenoxy) is 2. The van der Waals surface area contributed by atoms with Crippen molar-refractivity contribution < 1.29 is 13.9 Å². The first-order valence-electron chi connectivity index (χ1n) is 10.9. The molecular weight excluding hydrogens is 429 g/mol. The molecule has 0 bridgehead atoms. The number of hydrogen-bond acceptors (Lipinski definition) is 5. The zero-order valence-corrected chi connectivity index (χ0v) is 18.3. The van der Waals surface area contributed by atoms with Gasteiger partial charge in [-0.3, -0.25) is 0 Å². The Morgan fingerprint density at radius 3 is 2.44 bits per heavy atom. The molecule has 1 aliphatic heterocycles. The number of hydrogen-bond donors (Lipinski definition) is 1. The maximum atomic E-state index is 13.9. The van der Waals surface area contributed by atoms with Gasteiger partial charge in [-0.05, 0) is 58.8 Å². The number of rotatable bonds is 4. The summed E-state index contributed by atoms with van der Waals surface area (Å²) in [6.07, 6.45) is 1.48. The van der Waals surface area contributed by atoms with Gasteiger partial charge in [-0.2, -0.15) is 0 Å². The van der Waals surface area contributed by atoms with E-state index in [1.54, 1.807) is 7.11 Å². The molecule has 0 amide bonds. The van der Waals surface area contributed by atoms with Gasteiger partial charge in [0.2, 0.25) is 5.88 Å². The van der Waals surface area contributed by atoms with Gasteiger partial charge in [0.1, 0.15) is 29.5 Å². The lowest BCUT2D eigenvalue weighted by atomic mass is 9.81. The van der Waals surface area contributed by atoms with Crippen molar-refractivity contribution in [3.8, 4) is 17.4 Å². The fraction of sp³-hybridized carbons (Fsp3) is 0.0714. The zero-order valence-electron chi connectivity index (χ0n) is 18.3. The van der Waals surface area contributed by atoms with E-state index < -0.39 is 0 Å². The highest BCUT2D eigenvalue weighted by molar-refractivity contribution is 5.90. The summed E-state index contributed by atoms with van der Waals surface area (Å²) in [4.78, 5) is 9.02. The molecule has 5 aromatic rings. The zero-order chi connectivity index (χ0) is 23.1. The van der Waals surface area contributed by atoms with Crippen LogP contribution in [-0.2, 0) is 0 Å². The van der Waals surface area contributed by atoms with Crippen LogP contribution in [0.1, 0.15) is 22.6 Å². The summed E-state index contributed by atoms with van der Waals surface area (Å²) in [5.74, 6) is 2.06. The summed E-state index contributed by atoms with van der Waals surface area (Å²) in [7, 11) is 1.63. The van der Waals surface area contributed by atoms with Gasteiger partial charge in [-0.15, -0.1) is 0 Å². The van der Waals surface area contributed by atoms with E-state index in [0.29, 0.717) is 11.7 Å². The van der Waals surface area contributed by atoms with Gasteiger partial charge in [0.15, 0.2) is 0 Å². The molecule has 1 unspecified atom stereocenters. The van der Waals surface area contributed by atoms with E-state index in [-0.39, 0.29) is 11.7 Å². The molecule has 0 saturated carbocycles. The summed E-state index contributed by atoms with van der Waals surface area (Å²) in [6, 6.07) is 26.4. The first-order valence-corrected chi connectivity index (χ1v) is 10.9. The first kappa shape index (κ1) is 20.2. The highest BCUT2D eigenvalue weighted by atomic mass is 19.1. The molecule has 2 heterocycles. The minimum atomic E-state index is -0.282. The minimum absolute atomic E-state index is 0.257. The van der Waals surface area contributed by atoms with E-state index in [2.05, 4.69) is 27.4 Å². The third-order valence-corrected chi connectivity index (χ3v) is 6.12. The lowest BCUT2D eigenvalue weighted by molar-refractivity contribution is 0.415. The number of nitrogens with one attached hydrogen (secondary N) is 1. The van der Waals surface area contributed by atoms with Crippen LogP contribution in [0.25, 0.3) is 10.8 Å². The average Bonchev–Trinajstić information content (AvgIpc) is 2.88. The minimum Gasteiger partial charge on any atom is -0.497 e. The molecule has 6 heteroatoms. The molecule has 1 N–H and O–H groups in total. The standard InChI is InChI=1S/C28H20FN3O2/c1-33-21-13-11-20(12-14-21)32-27-26-24(18-6-9-19(29)10-7-18)25-22-5-3-2-4-17(22)8-15-23(25)34-28(26)31-16-30-27/h2-16,24H,1H3,(H,30,31,32). The highest BCUT2D eigenvalue weighted by Crippen LogP contribution is 2.51. The van der Waals surface area contributed by atoms with Crippen molar-refractivity contribution >= 4 is 22.3 Å². The van der Waals surface area contributed by atoms with E-state index in [0.717, 1.165) is 44.6 Å². The fourth-order valence-corrected chi connectivity index (χ4v) is 4.53. The van der Waals surface area contributed by atoms with Crippen LogP contribution in [0.2, 0.25) is 0 Å². The smallest absolute Gasteiger partial charge is 0.228 e. The van der Waals surface area contributed by atoms with E-state index in [1.807, 2.05) is 60.7 Å². The normalized spacial score (nSPS) is 14.1.